The molecule has 0 aliphatic carbocycles. The number of rotatable bonds is 3. The number of piperidine rings is 1. The molecule has 3 atom stereocenters. The van der Waals surface area contributed by atoms with Gasteiger partial charge in [-0.3, -0.25) is 9.59 Å². The van der Waals surface area contributed by atoms with Crippen LogP contribution in [0.15, 0.2) is 24.3 Å². The van der Waals surface area contributed by atoms with Crippen molar-refractivity contribution < 1.29 is 14.3 Å². The summed E-state index contributed by atoms with van der Waals surface area (Å²) >= 11 is 0. The normalized spacial score (nSPS) is 27.0. The molecule has 2 fully saturated rings. The van der Waals surface area contributed by atoms with Crippen LogP contribution in [0, 0.1) is 11.8 Å². The zero-order valence-corrected chi connectivity index (χ0v) is 15.0. The lowest BCUT2D eigenvalue weighted by atomic mass is 9.91. The van der Waals surface area contributed by atoms with E-state index < -0.39 is 6.10 Å². The van der Waals surface area contributed by atoms with Crippen molar-refractivity contribution in [1.82, 2.24) is 10.2 Å². The lowest BCUT2D eigenvalue weighted by Gasteiger charge is -2.35. The molecule has 25 heavy (non-hydrogen) atoms. The second-order valence-electron chi connectivity index (χ2n) is 7.25. The molecule has 2 aliphatic rings. The quantitative estimate of drug-likeness (QED) is 0.875. The lowest BCUT2D eigenvalue weighted by Crippen LogP contribution is -2.46. The molecule has 6 nitrogen and oxygen atoms in total. The number of likely N-dealkylation sites (tertiary alicyclic amines) is 1. The van der Waals surface area contributed by atoms with Gasteiger partial charge in [0, 0.05) is 26.2 Å². The maximum absolute atomic E-state index is 13.0. The smallest absolute Gasteiger partial charge is 0.255 e. The van der Waals surface area contributed by atoms with Gasteiger partial charge in [-0.05, 0) is 30.4 Å². The fourth-order valence-electron chi connectivity index (χ4n) is 3.72. The highest BCUT2D eigenvalue weighted by Crippen LogP contribution is 2.25. The summed E-state index contributed by atoms with van der Waals surface area (Å²) in [6.45, 7) is 7.64. The average molecular weight is 345 g/mol. The Hall–Kier alpha value is -1.92. The molecule has 0 aromatic heterocycles. The third-order valence-corrected chi connectivity index (χ3v) is 4.79. The van der Waals surface area contributed by atoms with Crippen LogP contribution in [0.2, 0.25) is 0 Å². The molecule has 2 amide bonds. The third kappa shape index (κ3) is 4.38. The van der Waals surface area contributed by atoms with Gasteiger partial charge >= 0.3 is 0 Å². The minimum Gasteiger partial charge on any atom is -0.366 e. The van der Waals surface area contributed by atoms with Crippen molar-refractivity contribution in [2.45, 2.75) is 26.4 Å². The van der Waals surface area contributed by atoms with E-state index in [1.165, 1.54) is 0 Å². The highest BCUT2D eigenvalue weighted by Gasteiger charge is 2.28. The molecule has 1 aromatic rings. The second kappa shape index (κ2) is 7.97. The zero-order chi connectivity index (χ0) is 17.8. The summed E-state index contributed by atoms with van der Waals surface area (Å²) in [6, 6.07) is 7.21. The predicted octanol–water partition coefficient (Wildman–Crippen LogP) is 1.73. The maximum Gasteiger partial charge on any atom is 0.255 e. The van der Waals surface area contributed by atoms with Gasteiger partial charge in [0.1, 0.15) is 6.10 Å². The molecule has 3 unspecified atom stereocenters. The Balaban J connectivity index is 1.73. The van der Waals surface area contributed by atoms with Crippen LogP contribution in [0.4, 0.5) is 5.69 Å². The van der Waals surface area contributed by atoms with Gasteiger partial charge in [-0.15, -0.1) is 0 Å². The number of carbonyl (C=O) groups excluding carboxylic acids is 2. The number of hydrogen-bond acceptors (Lipinski definition) is 4. The van der Waals surface area contributed by atoms with Crippen molar-refractivity contribution in [2.24, 2.45) is 11.8 Å². The lowest BCUT2D eigenvalue weighted by molar-refractivity contribution is -0.128. The van der Waals surface area contributed by atoms with E-state index in [1.54, 1.807) is 12.1 Å². The number of nitrogens with one attached hydrogen (secondary N) is 2. The SMILES string of the molecule is CC1CC(C)CN(C(=O)c2ccccc2NC(=O)C2CNCCO2)C1. The van der Waals surface area contributed by atoms with Gasteiger partial charge in [-0.25, -0.2) is 0 Å². The summed E-state index contributed by atoms with van der Waals surface area (Å²) in [7, 11) is 0. The Kier molecular flexibility index (Phi) is 5.71. The van der Waals surface area contributed by atoms with E-state index in [0.29, 0.717) is 36.2 Å². The number of ether oxygens (including phenoxy) is 1. The van der Waals surface area contributed by atoms with Crippen molar-refractivity contribution in [3.8, 4) is 0 Å². The van der Waals surface area contributed by atoms with E-state index in [4.69, 9.17) is 4.74 Å². The first-order valence-electron chi connectivity index (χ1n) is 9.06. The van der Waals surface area contributed by atoms with Crippen LogP contribution < -0.4 is 10.6 Å². The maximum atomic E-state index is 13.0. The zero-order valence-electron chi connectivity index (χ0n) is 15.0. The van der Waals surface area contributed by atoms with E-state index in [2.05, 4.69) is 24.5 Å². The summed E-state index contributed by atoms with van der Waals surface area (Å²) in [4.78, 5) is 27.3. The van der Waals surface area contributed by atoms with E-state index in [1.807, 2.05) is 17.0 Å². The molecule has 136 valence electrons. The molecule has 0 bridgehead atoms. The van der Waals surface area contributed by atoms with Crippen LogP contribution in [0.3, 0.4) is 0 Å². The summed E-state index contributed by atoms with van der Waals surface area (Å²) in [6.07, 6.45) is 0.626. The van der Waals surface area contributed by atoms with Crippen LogP contribution in [0.1, 0.15) is 30.6 Å². The number of carbonyl (C=O) groups is 2. The number of anilines is 1. The van der Waals surface area contributed by atoms with E-state index in [0.717, 1.165) is 26.1 Å². The minimum absolute atomic E-state index is 0.0167. The van der Waals surface area contributed by atoms with E-state index in [-0.39, 0.29) is 11.8 Å². The molecule has 1 aromatic carbocycles. The predicted molar refractivity (Wildman–Crippen MR) is 96.5 cm³/mol. The largest absolute Gasteiger partial charge is 0.366 e. The number of para-hydroxylation sites is 1. The second-order valence-corrected chi connectivity index (χ2v) is 7.25. The Labute approximate surface area is 148 Å². The van der Waals surface area contributed by atoms with Crippen molar-refractivity contribution in [3.05, 3.63) is 29.8 Å². The number of morpholine rings is 1. The van der Waals surface area contributed by atoms with Gasteiger partial charge < -0.3 is 20.3 Å². The fraction of sp³-hybridized carbons (Fsp3) is 0.579. The summed E-state index contributed by atoms with van der Waals surface area (Å²) in [5, 5.41) is 6.01. The van der Waals surface area contributed by atoms with Gasteiger partial charge in [0.2, 0.25) is 0 Å². The fourth-order valence-corrected chi connectivity index (χ4v) is 3.72. The van der Waals surface area contributed by atoms with Gasteiger partial charge in [0.05, 0.1) is 17.9 Å². The molecule has 0 radical (unpaired) electrons. The number of hydrogen-bond donors (Lipinski definition) is 2. The van der Waals surface area contributed by atoms with Crippen molar-refractivity contribution in [3.63, 3.8) is 0 Å². The molecule has 2 N–H and O–H groups in total. The highest BCUT2D eigenvalue weighted by atomic mass is 16.5. The standard InChI is InChI=1S/C19H27N3O3/c1-13-9-14(2)12-22(11-13)19(24)15-5-3-4-6-16(15)21-18(23)17-10-20-7-8-25-17/h3-6,13-14,17,20H,7-12H2,1-2H3,(H,21,23). The highest BCUT2D eigenvalue weighted by molar-refractivity contribution is 6.04. The van der Waals surface area contributed by atoms with Gasteiger partial charge in [-0.2, -0.15) is 0 Å². The Bertz CT molecular complexity index is 618. The molecule has 0 saturated carbocycles. The molecular formula is C19H27N3O3. The molecule has 6 heteroatoms. The van der Waals surface area contributed by atoms with Crippen molar-refractivity contribution >= 4 is 17.5 Å². The monoisotopic (exact) mass is 345 g/mol. The Morgan fingerprint density at radius 3 is 2.60 bits per heavy atom. The molecule has 0 spiro atoms. The minimum atomic E-state index is -0.521. The first-order valence-corrected chi connectivity index (χ1v) is 9.06. The topological polar surface area (TPSA) is 70.7 Å². The van der Waals surface area contributed by atoms with Gasteiger partial charge in [-0.1, -0.05) is 26.0 Å². The Morgan fingerprint density at radius 2 is 1.92 bits per heavy atom. The first-order chi connectivity index (χ1) is 12.0. The molecule has 3 rings (SSSR count). The number of nitrogens with zero attached hydrogens (tertiary/aromatic N) is 1. The van der Waals surface area contributed by atoms with Crippen LogP contribution in [-0.4, -0.2) is 55.6 Å². The molecule has 2 aliphatic heterocycles. The molecule has 2 heterocycles. The van der Waals surface area contributed by atoms with Gasteiger partial charge in [0.25, 0.3) is 11.8 Å². The van der Waals surface area contributed by atoms with E-state index in [9.17, 15) is 9.59 Å². The third-order valence-electron chi connectivity index (χ3n) is 4.79. The number of benzene rings is 1. The summed E-state index contributed by atoms with van der Waals surface area (Å²) in [5.41, 5.74) is 1.10. The molecular weight excluding hydrogens is 318 g/mol. The van der Waals surface area contributed by atoms with Crippen molar-refractivity contribution in [2.75, 3.05) is 38.1 Å². The van der Waals surface area contributed by atoms with Gasteiger partial charge in [0.15, 0.2) is 0 Å². The van der Waals surface area contributed by atoms with Crippen LogP contribution in [0.5, 0.6) is 0 Å². The van der Waals surface area contributed by atoms with Crippen LogP contribution >= 0.6 is 0 Å². The van der Waals surface area contributed by atoms with Crippen LogP contribution in [0.25, 0.3) is 0 Å². The Morgan fingerprint density at radius 1 is 1.20 bits per heavy atom. The number of amides is 2. The molecule has 2 saturated heterocycles. The average Bonchev–Trinajstić information content (AvgIpc) is 2.61. The first kappa shape index (κ1) is 17.9. The van der Waals surface area contributed by atoms with Crippen LogP contribution in [-0.2, 0) is 9.53 Å². The van der Waals surface area contributed by atoms with E-state index >= 15 is 0 Å². The summed E-state index contributed by atoms with van der Waals surface area (Å²) in [5.74, 6) is 0.761. The summed E-state index contributed by atoms with van der Waals surface area (Å²) < 4.78 is 5.49. The van der Waals surface area contributed by atoms with Crippen molar-refractivity contribution in [1.29, 1.82) is 0 Å².